The summed E-state index contributed by atoms with van der Waals surface area (Å²) >= 11 is 0. The van der Waals surface area contributed by atoms with Crippen LogP contribution in [-0.4, -0.2) is 17.2 Å². The summed E-state index contributed by atoms with van der Waals surface area (Å²) in [6.07, 6.45) is -1.81. The Balaban J connectivity index is 2.59. The fourth-order valence-corrected chi connectivity index (χ4v) is 1.30. The number of halogens is 3. The molecule has 1 unspecified atom stereocenters. The van der Waals surface area contributed by atoms with Crippen molar-refractivity contribution in [3.05, 3.63) is 24.0 Å². The maximum Gasteiger partial charge on any atom is 0.391 e. The maximum atomic E-state index is 12.1. The van der Waals surface area contributed by atoms with Crippen molar-refractivity contribution in [2.45, 2.75) is 32.5 Å². The lowest BCUT2D eigenvalue weighted by atomic mass is 10.2. The quantitative estimate of drug-likeness (QED) is 0.843. The van der Waals surface area contributed by atoms with Gasteiger partial charge in [0.1, 0.15) is 0 Å². The first-order valence-electron chi connectivity index (χ1n) is 4.62. The maximum absolute atomic E-state index is 12.1. The third-order valence-electron chi connectivity index (χ3n) is 1.96. The van der Waals surface area contributed by atoms with Crippen molar-refractivity contribution >= 4 is 5.69 Å². The van der Waals surface area contributed by atoms with E-state index in [1.165, 1.54) is 6.92 Å². The Morgan fingerprint density at radius 1 is 1.47 bits per heavy atom. The van der Waals surface area contributed by atoms with Crippen LogP contribution in [0.5, 0.6) is 0 Å². The number of rotatable bonds is 3. The first-order chi connectivity index (χ1) is 6.88. The van der Waals surface area contributed by atoms with E-state index in [1.807, 2.05) is 0 Å². The van der Waals surface area contributed by atoms with Gasteiger partial charge in [-0.1, -0.05) is 0 Å². The zero-order valence-electron chi connectivity index (χ0n) is 8.60. The van der Waals surface area contributed by atoms with Crippen molar-refractivity contribution in [3.8, 4) is 0 Å². The molecule has 1 atom stereocenters. The van der Waals surface area contributed by atoms with Gasteiger partial charge >= 0.3 is 6.18 Å². The molecule has 1 rings (SSSR count). The van der Waals surface area contributed by atoms with Crippen molar-refractivity contribution < 1.29 is 13.2 Å². The Morgan fingerprint density at radius 3 is 2.67 bits per heavy atom. The normalized spacial score (nSPS) is 13.7. The number of pyridine rings is 1. The third-order valence-corrected chi connectivity index (χ3v) is 1.96. The number of nitrogens with one attached hydrogen (secondary N) is 1. The summed E-state index contributed by atoms with van der Waals surface area (Å²) in [6, 6.07) is 1.04. The van der Waals surface area contributed by atoms with Crippen LogP contribution >= 0.6 is 0 Å². The van der Waals surface area contributed by atoms with Gasteiger partial charge in [0, 0.05) is 24.1 Å². The van der Waals surface area contributed by atoms with E-state index in [9.17, 15) is 13.2 Å². The number of aromatic nitrogens is 1. The van der Waals surface area contributed by atoms with E-state index in [0.717, 1.165) is 5.56 Å². The minimum atomic E-state index is -4.13. The molecule has 0 aliphatic rings. The third kappa shape index (κ3) is 4.18. The van der Waals surface area contributed by atoms with Crippen LogP contribution in [0.2, 0.25) is 0 Å². The number of alkyl halides is 3. The van der Waals surface area contributed by atoms with Gasteiger partial charge in [0.15, 0.2) is 0 Å². The summed E-state index contributed by atoms with van der Waals surface area (Å²) in [5, 5.41) is 2.81. The van der Waals surface area contributed by atoms with Gasteiger partial charge in [-0.25, -0.2) is 0 Å². The fraction of sp³-hybridized carbons (Fsp3) is 0.500. The van der Waals surface area contributed by atoms with Crippen molar-refractivity contribution in [2.75, 3.05) is 5.32 Å². The number of hydrogen-bond acceptors (Lipinski definition) is 2. The van der Waals surface area contributed by atoms with Gasteiger partial charge in [0.2, 0.25) is 0 Å². The summed E-state index contributed by atoms with van der Waals surface area (Å²) in [5.41, 5.74) is 1.54. The molecule has 0 saturated carbocycles. The summed E-state index contributed by atoms with van der Waals surface area (Å²) in [5.74, 6) is 0. The molecule has 0 aromatic carbocycles. The Labute approximate surface area is 86.5 Å². The largest absolute Gasteiger partial charge is 0.391 e. The highest BCUT2D eigenvalue weighted by atomic mass is 19.4. The summed E-state index contributed by atoms with van der Waals surface area (Å²) < 4.78 is 36.2. The summed E-state index contributed by atoms with van der Waals surface area (Å²) in [4.78, 5) is 3.86. The minimum absolute atomic E-state index is 0.633. The van der Waals surface area contributed by atoms with Crippen molar-refractivity contribution in [2.24, 2.45) is 0 Å². The van der Waals surface area contributed by atoms with Gasteiger partial charge in [-0.3, -0.25) is 4.98 Å². The van der Waals surface area contributed by atoms with E-state index in [0.29, 0.717) is 5.69 Å². The van der Waals surface area contributed by atoms with Crippen molar-refractivity contribution in [3.63, 3.8) is 0 Å². The predicted molar refractivity (Wildman–Crippen MR) is 52.7 cm³/mol. The number of hydrogen-bond donors (Lipinski definition) is 1. The molecular weight excluding hydrogens is 205 g/mol. The zero-order valence-corrected chi connectivity index (χ0v) is 8.60. The Bertz CT molecular complexity index is 323. The molecule has 1 N–H and O–H groups in total. The molecule has 15 heavy (non-hydrogen) atoms. The van der Waals surface area contributed by atoms with Gasteiger partial charge in [-0.2, -0.15) is 13.2 Å². The first kappa shape index (κ1) is 11.8. The molecule has 1 aromatic heterocycles. The van der Waals surface area contributed by atoms with Crippen molar-refractivity contribution in [1.82, 2.24) is 4.98 Å². The Hall–Kier alpha value is -1.26. The predicted octanol–water partition coefficient (Wildman–Crippen LogP) is 3.14. The monoisotopic (exact) mass is 218 g/mol. The molecular formula is C10H13F3N2. The number of anilines is 1. The van der Waals surface area contributed by atoms with Crippen LogP contribution in [0.3, 0.4) is 0 Å². The molecule has 0 radical (unpaired) electrons. The molecule has 0 fully saturated rings. The van der Waals surface area contributed by atoms with Crippen LogP contribution in [-0.2, 0) is 0 Å². The molecule has 84 valence electrons. The lowest BCUT2D eigenvalue weighted by molar-refractivity contribution is -0.136. The van der Waals surface area contributed by atoms with Gasteiger partial charge in [0.05, 0.1) is 6.42 Å². The standard InChI is InChI=1S/C10H13F3N2/c1-7-6-14-4-3-9(7)15-8(2)5-10(11,12)13/h3-4,6,8H,5H2,1-2H3,(H,14,15). The smallest absolute Gasteiger partial charge is 0.382 e. The van der Waals surface area contributed by atoms with Crippen LogP contribution in [0.15, 0.2) is 18.5 Å². The van der Waals surface area contributed by atoms with Gasteiger partial charge in [-0.15, -0.1) is 0 Å². The fourth-order valence-electron chi connectivity index (χ4n) is 1.30. The molecule has 1 aromatic rings. The van der Waals surface area contributed by atoms with Gasteiger partial charge < -0.3 is 5.32 Å². The van der Waals surface area contributed by atoms with E-state index >= 15 is 0 Å². The lowest BCUT2D eigenvalue weighted by Gasteiger charge is -2.18. The van der Waals surface area contributed by atoms with Crippen LogP contribution in [0, 0.1) is 6.92 Å². The molecule has 0 aliphatic heterocycles. The van der Waals surface area contributed by atoms with Crippen LogP contribution < -0.4 is 5.32 Å². The van der Waals surface area contributed by atoms with E-state index in [1.54, 1.807) is 25.4 Å². The first-order valence-corrected chi connectivity index (χ1v) is 4.62. The number of nitrogens with zero attached hydrogens (tertiary/aromatic N) is 1. The molecule has 0 saturated heterocycles. The second-order valence-electron chi connectivity index (χ2n) is 3.56. The SMILES string of the molecule is Cc1cnccc1NC(C)CC(F)(F)F. The molecule has 0 bridgehead atoms. The summed E-state index contributed by atoms with van der Waals surface area (Å²) in [7, 11) is 0. The van der Waals surface area contributed by atoms with Crippen LogP contribution in [0.1, 0.15) is 18.9 Å². The average molecular weight is 218 g/mol. The van der Waals surface area contributed by atoms with E-state index < -0.39 is 18.6 Å². The lowest BCUT2D eigenvalue weighted by Crippen LogP contribution is -2.24. The highest BCUT2D eigenvalue weighted by molar-refractivity contribution is 5.49. The molecule has 0 spiro atoms. The van der Waals surface area contributed by atoms with E-state index in [4.69, 9.17) is 0 Å². The second-order valence-corrected chi connectivity index (χ2v) is 3.56. The van der Waals surface area contributed by atoms with Crippen LogP contribution in [0.4, 0.5) is 18.9 Å². The Kier molecular flexibility index (Phi) is 3.55. The Morgan fingerprint density at radius 2 is 2.13 bits per heavy atom. The zero-order chi connectivity index (χ0) is 11.5. The van der Waals surface area contributed by atoms with Crippen molar-refractivity contribution in [1.29, 1.82) is 0 Å². The van der Waals surface area contributed by atoms with Gasteiger partial charge in [-0.05, 0) is 25.5 Å². The molecule has 5 heteroatoms. The second kappa shape index (κ2) is 4.51. The van der Waals surface area contributed by atoms with Crippen LogP contribution in [0.25, 0.3) is 0 Å². The summed E-state index contributed by atoms with van der Waals surface area (Å²) in [6.45, 7) is 3.31. The topological polar surface area (TPSA) is 24.9 Å². The van der Waals surface area contributed by atoms with E-state index in [2.05, 4.69) is 10.3 Å². The highest BCUT2D eigenvalue weighted by Gasteiger charge is 2.29. The highest BCUT2D eigenvalue weighted by Crippen LogP contribution is 2.23. The molecule has 0 amide bonds. The van der Waals surface area contributed by atoms with E-state index in [-0.39, 0.29) is 0 Å². The average Bonchev–Trinajstić information content (AvgIpc) is 2.05. The molecule has 0 aliphatic carbocycles. The van der Waals surface area contributed by atoms with Gasteiger partial charge in [0.25, 0.3) is 0 Å². The number of aryl methyl sites for hydroxylation is 1. The minimum Gasteiger partial charge on any atom is -0.382 e. The molecule has 1 heterocycles. The molecule has 2 nitrogen and oxygen atoms in total.